The van der Waals surface area contributed by atoms with Crippen LogP contribution in [0.4, 0.5) is 0 Å². The highest BCUT2D eigenvalue weighted by atomic mass is 35.5. The number of carboxylic acid groups (broad SMARTS) is 2. The molecule has 9 nitrogen and oxygen atoms in total. The second kappa shape index (κ2) is 14.3. The second-order valence-electron chi connectivity index (χ2n) is 7.89. The Morgan fingerprint density at radius 3 is 2.37 bits per heavy atom. The van der Waals surface area contributed by atoms with Crippen LogP contribution in [-0.4, -0.2) is 59.0 Å². The number of aliphatic hydroxyl groups excluding tert-OH is 1. The van der Waals surface area contributed by atoms with Crippen molar-refractivity contribution < 1.29 is 39.2 Å². The van der Waals surface area contributed by atoms with Crippen molar-refractivity contribution in [1.29, 1.82) is 0 Å². The Bertz CT molecular complexity index is 1000. The Hall–Kier alpha value is -3.14. The van der Waals surface area contributed by atoms with Gasteiger partial charge in [-0.15, -0.1) is 0 Å². The van der Waals surface area contributed by atoms with Gasteiger partial charge in [-0.05, 0) is 73.6 Å². The lowest BCUT2D eigenvalue weighted by molar-refractivity contribution is -0.159. The fourth-order valence-corrected chi connectivity index (χ4v) is 3.83. The standard InChI is InChI=1S/C23H28ClNO4.C2H2O4/c1-2-28-23(27)15-29-21-11-8-16-6-9-20(10-7-17(16)13-21)25-14-22(26)18-4-3-5-19(24)12-18;3-1(4)2(5)6/h3-5,8,11-13,20,22,25-26H,2,6-7,9-10,14-15H2,1H3;(H,3,4)(H,5,6)/t20?,22-;/m0./s1. The number of ether oxygens (including phenoxy) is 2. The molecular formula is C25H30ClNO8. The maximum Gasteiger partial charge on any atom is 0.414 e. The molecule has 0 fully saturated rings. The monoisotopic (exact) mass is 507 g/mol. The molecule has 0 aliphatic heterocycles. The number of halogens is 1. The third-order valence-corrected chi connectivity index (χ3v) is 5.62. The molecule has 10 heteroatoms. The number of aliphatic hydroxyl groups is 1. The summed E-state index contributed by atoms with van der Waals surface area (Å²) in [5.41, 5.74) is 3.39. The molecule has 1 unspecified atom stereocenters. The zero-order valence-corrected chi connectivity index (χ0v) is 20.2. The minimum Gasteiger partial charge on any atom is -0.482 e. The number of aliphatic carboxylic acids is 2. The number of fused-ring (bicyclic) bond motifs is 1. The van der Waals surface area contributed by atoms with Gasteiger partial charge in [0.25, 0.3) is 0 Å². The number of aryl methyl sites for hydroxylation is 2. The Kier molecular flexibility index (Phi) is 11.5. The van der Waals surface area contributed by atoms with E-state index in [2.05, 4.69) is 11.4 Å². The van der Waals surface area contributed by atoms with Crippen molar-refractivity contribution in [3.8, 4) is 5.75 Å². The quantitative estimate of drug-likeness (QED) is 0.241. The van der Waals surface area contributed by atoms with Gasteiger partial charge in [0.15, 0.2) is 6.61 Å². The average molecular weight is 508 g/mol. The number of hydrogen-bond acceptors (Lipinski definition) is 7. The van der Waals surface area contributed by atoms with Crippen molar-refractivity contribution >= 4 is 29.5 Å². The summed E-state index contributed by atoms with van der Waals surface area (Å²) < 4.78 is 10.5. The molecule has 4 N–H and O–H groups in total. The van der Waals surface area contributed by atoms with Crippen molar-refractivity contribution in [2.45, 2.75) is 44.8 Å². The molecule has 0 amide bonds. The Morgan fingerprint density at radius 1 is 1.06 bits per heavy atom. The molecule has 3 rings (SSSR count). The maximum absolute atomic E-state index is 11.5. The number of benzene rings is 2. The fourth-order valence-electron chi connectivity index (χ4n) is 3.63. The molecule has 2 atom stereocenters. The largest absolute Gasteiger partial charge is 0.482 e. The third-order valence-electron chi connectivity index (χ3n) is 5.38. The summed E-state index contributed by atoms with van der Waals surface area (Å²) in [6.07, 6.45) is 3.31. The molecule has 35 heavy (non-hydrogen) atoms. The van der Waals surface area contributed by atoms with Crippen LogP contribution in [0.3, 0.4) is 0 Å². The molecule has 2 aromatic rings. The molecular weight excluding hydrogens is 478 g/mol. The summed E-state index contributed by atoms with van der Waals surface area (Å²) in [5, 5.41) is 29.3. The van der Waals surface area contributed by atoms with Gasteiger partial charge in [-0.2, -0.15) is 0 Å². The van der Waals surface area contributed by atoms with Crippen molar-refractivity contribution in [2.24, 2.45) is 0 Å². The molecule has 1 aliphatic rings. The molecule has 0 saturated heterocycles. The van der Waals surface area contributed by atoms with E-state index in [-0.39, 0.29) is 12.6 Å². The van der Waals surface area contributed by atoms with Gasteiger partial charge in [-0.1, -0.05) is 29.8 Å². The van der Waals surface area contributed by atoms with Gasteiger partial charge in [-0.3, -0.25) is 0 Å². The Morgan fingerprint density at radius 2 is 1.74 bits per heavy atom. The van der Waals surface area contributed by atoms with Crippen LogP contribution in [-0.2, 0) is 32.0 Å². The van der Waals surface area contributed by atoms with E-state index in [1.807, 2.05) is 24.3 Å². The number of carbonyl (C=O) groups excluding carboxylic acids is 1. The van der Waals surface area contributed by atoms with Gasteiger partial charge in [0.2, 0.25) is 0 Å². The first-order valence-electron chi connectivity index (χ1n) is 11.2. The highest BCUT2D eigenvalue weighted by molar-refractivity contribution is 6.30. The second-order valence-corrected chi connectivity index (χ2v) is 8.32. The molecule has 0 spiro atoms. The number of carboxylic acids is 2. The van der Waals surface area contributed by atoms with Crippen molar-refractivity contribution in [1.82, 2.24) is 5.32 Å². The predicted octanol–water partition coefficient (Wildman–Crippen LogP) is 3.01. The van der Waals surface area contributed by atoms with Gasteiger partial charge in [-0.25, -0.2) is 14.4 Å². The number of esters is 1. The molecule has 0 heterocycles. The highest BCUT2D eigenvalue weighted by Crippen LogP contribution is 2.26. The van der Waals surface area contributed by atoms with Crippen LogP contribution in [0, 0.1) is 0 Å². The van der Waals surface area contributed by atoms with Crippen LogP contribution in [0.1, 0.15) is 42.6 Å². The number of nitrogens with one attached hydrogen (secondary N) is 1. The van der Waals surface area contributed by atoms with Crippen molar-refractivity contribution in [3.05, 3.63) is 64.2 Å². The SMILES string of the molecule is CCOC(=O)COc1ccc2c(c1)CCC(NC[C@H](O)c1cccc(Cl)c1)CC2.O=C(O)C(=O)O. The van der Waals surface area contributed by atoms with E-state index in [0.717, 1.165) is 31.2 Å². The van der Waals surface area contributed by atoms with Crippen molar-refractivity contribution in [3.63, 3.8) is 0 Å². The van der Waals surface area contributed by atoms with Crippen LogP contribution in [0.25, 0.3) is 0 Å². The van der Waals surface area contributed by atoms with E-state index in [9.17, 15) is 9.90 Å². The van der Waals surface area contributed by atoms with Crippen LogP contribution in [0.5, 0.6) is 5.75 Å². The third kappa shape index (κ3) is 9.94. The first-order chi connectivity index (χ1) is 16.7. The van der Waals surface area contributed by atoms with E-state index in [4.69, 9.17) is 40.9 Å². The van der Waals surface area contributed by atoms with Gasteiger partial charge in [0, 0.05) is 17.6 Å². The van der Waals surface area contributed by atoms with Crippen LogP contribution in [0.15, 0.2) is 42.5 Å². The Balaban J connectivity index is 0.000000641. The summed E-state index contributed by atoms with van der Waals surface area (Å²) in [6, 6.07) is 13.7. The summed E-state index contributed by atoms with van der Waals surface area (Å²) in [6.45, 7) is 2.55. The molecule has 0 aromatic heterocycles. The minimum atomic E-state index is -1.82. The lowest BCUT2D eigenvalue weighted by Gasteiger charge is -2.19. The van der Waals surface area contributed by atoms with E-state index >= 15 is 0 Å². The predicted molar refractivity (Wildman–Crippen MR) is 129 cm³/mol. The van der Waals surface area contributed by atoms with Gasteiger partial charge < -0.3 is 30.1 Å². The molecule has 1 aliphatic carbocycles. The lowest BCUT2D eigenvalue weighted by Crippen LogP contribution is -2.33. The molecule has 190 valence electrons. The molecule has 0 saturated carbocycles. The molecule has 2 aromatic carbocycles. The van der Waals surface area contributed by atoms with Crippen LogP contribution >= 0.6 is 11.6 Å². The first-order valence-corrected chi connectivity index (χ1v) is 11.6. The number of rotatable bonds is 8. The van der Waals surface area contributed by atoms with Crippen LogP contribution < -0.4 is 10.1 Å². The van der Waals surface area contributed by atoms with E-state index < -0.39 is 18.0 Å². The summed E-state index contributed by atoms with van der Waals surface area (Å²) in [5.74, 6) is -3.31. The zero-order chi connectivity index (χ0) is 25.8. The van der Waals surface area contributed by atoms with Gasteiger partial charge >= 0.3 is 17.9 Å². The zero-order valence-electron chi connectivity index (χ0n) is 19.4. The van der Waals surface area contributed by atoms with E-state index in [0.29, 0.717) is 30.0 Å². The number of hydrogen-bond donors (Lipinski definition) is 4. The maximum atomic E-state index is 11.5. The lowest BCUT2D eigenvalue weighted by atomic mass is 10.0. The number of carbonyl (C=O) groups is 3. The van der Waals surface area contributed by atoms with E-state index in [1.165, 1.54) is 11.1 Å². The average Bonchev–Trinajstić information content (AvgIpc) is 3.03. The Labute approximate surface area is 208 Å². The summed E-state index contributed by atoms with van der Waals surface area (Å²) in [4.78, 5) is 29.7. The van der Waals surface area contributed by atoms with E-state index in [1.54, 1.807) is 19.1 Å². The molecule has 0 radical (unpaired) electrons. The van der Waals surface area contributed by atoms with Gasteiger partial charge in [0.05, 0.1) is 12.7 Å². The smallest absolute Gasteiger partial charge is 0.414 e. The topological polar surface area (TPSA) is 142 Å². The fraction of sp³-hybridized carbons (Fsp3) is 0.400. The highest BCUT2D eigenvalue weighted by Gasteiger charge is 2.18. The minimum absolute atomic E-state index is 0.0712. The summed E-state index contributed by atoms with van der Waals surface area (Å²) in [7, 11) is 0. The van der Waals surface area contributed by atoms with Gasteiger partial charge in [0.1, 0.15) is 5.75 Å². The van der Waals surface area contributed by atoms with Crippen LogP contribution in [0.2, 0.25) is 5.02 Å². The summed E-state index contributed by atoms with van der Waals surface area (Å²) >= 11 is 6.01. The first kappa shape index (κ1) is 28.1. The normalized spacial score (nSPS) is 15.5. The molecule has 0 bridgehead atoms. The van der Waals surface area contributed by atoms with Crippen molar-refractivity contribution in [2.75, 3.05) is 19.8 Å².